The monoisotopic (exact) mass is 546 g/mol. The third-order valence-corrected chi connectivity index (χ3v) is 10.2. The molecule has 6 rings (SSSR count). The Kier molecular flexibility index (Phi) is 6.79. The first-order chi connectivity index (χ1) is 18.9. The van der Waals surface area contributed by atoms with Gasteiger partial charge >= 0.3 is 5.97 Å². The van der Waals surface area contributed by atoms with Gasteiger partial charge in [-0.3, -0.25) is 14.4 Å². The molecule has 2 amide bonds. The first-order valence-electron chi connectivity index (χ1n) is 13.8. The maximum absolute atomic E-state index is 14.6. The number of rotatable bonds is 5. The highest BCUT2D eigenvalue weighted by atomic mass is 32.2. The Labute approximate surface area is 232 Å². The first-order valence-corrected chi connectivity index (χ1v) is 14.7. The third kappa shape index (κ3) is 4.19. The summed E-state index contributed by atoms with van der Waals surface area (Å²) in [7, 11) is 0. The van der Waals surface area contributed by atoms with E-state index >= 15 is 0 Å². The number of esters is 1. The number of ether oxygens (including phenoxy) is 1. The van der Waals surface area contributed by atoms with Crippen molar-refractivity contribution >= 4 is 46.0 Å². The molecule has 0 aromatic heterocycles. The molecule has 204 valence electrons. The lowest BCUT2D eigenvalue weighted by molar-refractivity contribution is -0.153. The van der Waals surface area contributed by atoms with Crippen LogP contribution in [0.3, 0.4) is 0 Å². The van der Waals surface area contributed by atoms with Crippen LogP contribution in [-0.4, -0.2) is 69.6 Å². The van der Waals surface area contributed by atoms with Crippen LogP contribution in [0, 0.1) is 17.8 Å². The van der Waals surface area contributed by atoms with Crippen LogP contribution >= 0.6 is 11.8 Å². The number of hydrogen-bond donors (Lipinski definition) is 1. The number of nitrogens with zero attached hydrogens (tertiary/aromatic N) is 2. The van der Waals surface area contributed by atoms with Gasteiger partial charge in [0, 0.05) is 17.5 Å². The largest absolute Gasteiger partial charge is 0.465 e. The molecule has 4 aliphatic rings. The lowest BCUT2D eigenvalue weighted by atomic mass is 9.78. The van der Waals surface area contributed by atoms with Crippen molar-refractivity contribution in [3.63, 3.8) is 0 Å². The van der Waals surface area contributed by atoms with E-state index in [0.29, 0.717) is 19.4 Å². The smallest absolute Gasteiger partial charge is 0.311 e. The average Bonchev–Trinajstić information content (AvgIpc) is 3.30. The zero-order valence-electron chi connectivity index (χ0n) is 22.2. The Morgan fingerprint density at radius 3 is 2.64 bits per heavy atom. The fraction of sp³-hybridized carbons (Fsp3) is 0.452. The number of amides is 2. The number of aliphatic hydroxyl groups excluding tert-OH is 1. The molecule has 8 heteroatoms. The average molecular weight is 547 g/mol. The lowest BCUT2D eigenvalue weighted by Crippen LogP contribution is -2.57. The first kappa shape index (κ1) is 26.1. The van der Waals surface area contributed by atoms with E-state index in [1.54, 1.807) is 9.80 Å². The van der Waals surface area contributed by atoms with Crippen molar-refractivity contribution in [3.8, 4) is 0 Å². The Morgan fingerprint density at radius 2 is 1.87 bits per heavy atom. The van der Waals surface area contributed by atoms with Crippen molar-refractivity contribution in [1.82, 2.24) is 4.90 Å². The van der Waals surface area contributed by atoms with Gasteiger partial charge < -0.3 is 19.6 Å². The van der Waals surface area contributed by atoms with Gasteiger partial charge in [-0.05, 0) is 41.7 Å². The van der Waals surface area contributed by atoms with Gasteiger partial charge in [-0.2, -0.15) is 0 Å². The summed E-state index contributed by atoms with van der Waals surface area (Å²) >= 11 is 1.53. The molecule has 1 spiro atoms. The summed E-state index contributed by atoms with van der Waals surface area (Å²) in [6.45, 7) is 4.46. The molecule has 0 saturated carbocycles. The number of aliphatic hydroxyl groups is 1. The zero-order valence-corrected chi connectivity index (χ0v) is 23.0. The Balaban J connectivity index is 1.48. The number of fused-ring (bicyclic) bond motifs is 3. The van der Waals surface area contributed by atoms with Gasteiger partial charge in [0.25, 0.3) is 5.91 Å². The number of benzene rings is 2. The van der Waals surface area contributed by atoms with E-state index in [-0.39, 0.29) is 42.2 Å². The maximum atomic E-state index is 14.6. The third-order valence-electron chi connectivity index (χ3n) is 8.45. The molecule has 2 saturated heterocycles. The number of hydrogen-bond acceptors (Lipinski definition) is 6. The highest BCUT2D eigenvalue weighted by Gasteiger charge is 2.71. The van der Waals surface area contributed by atoms with Crippen molar-refractivity contribution in [2.75, 3.05) is 24.7 Å². The molecule has 2 fully saturated rings. The summed E-state index contributed by atoms with van der Waals surface area (Å²) in [4.78, 5) is 45.7. The zero-order chi connectivity index (χ0) is 27.3. The topological polar surface area (TPSA) is 87.2 Å². The van der Waals surface area contributed by atoms with E-state index in [1.165, 1.54) is 11.8 Å². The number of carbonyl (C=O) groups excluding carboxylic acids is 3. The Morgan fingerprint density at radius 1 is 1.08 bits per heavy atom. The molecule has 1 unspecified atom stereocenters. The molecule has 4 aliphatic heterocycles. The predicted molar refractivity (Wildman–Crippen MR) is 152 cm³/mol. The maximum Gasteiger partial charge on any atom is 0.311 e. The van der Waals surface area contributed by atoms with Crippen molar-refractivity contribution < 1.29 is 24.2 Å². The van der Waals surface area contributed by atoms with Gasteiger partial charge in [0.15, 0.2) is 0 Å². The fourth-order valence-electron chi connectivity index (χ4n) is 6.84. The van der Waals surface area contributed by atoms with Crippen LogP contribution in [0.15, 0.2) is 66.8 Å². The minimum Gasteiger partial charge on any atom is -0.465 e. The van der Waals surface area contributed by atoms with Crippen LogP contribution in [0.5, 0.6) is 0 Å². The van der Waals surface area contributed by atoms with E-state index in [1.807, 2.05) is 80.6 Å². The van der Waals surface area contributed by atoms with Crippen LogP contribution in [-0.2, 0) is 19.1 Å². The standard InChI is InChI=1S/C31H34N2O5S/c1-19(2)16-23(18-34)33-27-29(36)32(22-12-11-20-8-3-4-9-21(20)17-22)14-7-13-31(27)26(28(33)35)25-24(39-31)10-5-6-15-38-30(25)37/h3-5,7-13,17,19,23-27,34H,6,14-16,18H2,1-2H3/t23-,24-,25+,26+,27?,31+/m1/s1. The van der Waals surface area contributed by atoms with Gasteiger partial charge in [0.1, 0.15) is 6.04 Å². The van der Waals surface area contributed by atoms with Crippen LogP contribution in [0.1, 0.15) is 26.7 Å². The number of likely N-dealkylation sites (tertiary alicyclic amines) is 1. The van der Waals surface area contributed by atoms with Gasteiger partial charge in [0.05, 0.1) is 35.8 Å². The number of cyclic esters (lactones) is 1. The second-order valence-electron chi connectivity index (χ2n) is 11.3. The van der Waals surface area contributed by atoms with Crippen LogP contribution in [0.2, 0.25) is 0 Å². The summed E-state index contributed by atoms with van der Waals surface area (Å²) in [6.07, 6.45) is 9.16. The molecule has 4 heterocycles. The molecular weight excluding hydrogens is 512 g/mol. The molecule has 2 aromatic rings. The molecule has 7 nitrogen and oxygen atoms in total. The summed E-state index contributed by atoms with van der Waals surface area (Å²) in [5.41, 5.74) is 0.758. The van der Waals surface area contributed by atoms with E-state index in [4.69, 9.17) is 4.74 Å². The summed E-state index contributed by atoms with van der Waals surface area (Å²) in [6, 6.07) is 12.6. The molecule has 6 atom stereocenters. The molecule has 1 N–H and O–H groups in total. The molecule has 2 aromatic carbocycles. The number of anilines is 1. The van der Waals surface area contributed by atoms with E-state index in [2.05, 4.69) is 0 Å². The van der Waals surface area contributed by atoms with Crippen LogP contribution < -0.4 is 4.90 Å². The molecule has 0 bridgehead atoms. The summed E-state index contributed by atoms with van der Waals surface area (Å²) in [5.74, 6) is -2.04. The van der Waals surface area contributed by atoms with Crippen molar-refractivity contribution in [3.05, 3.63) is 66.8 Å². The lowest BCUT2D eigenvalue weighted by Gasteiger charge is -2.39. The minimum atomic E-state index is -0.937. The van der Waals surface area contributed by atoms with E-state index in [9.17, 15) is 19.5 Å². The Bertz CT molecular complexity index is 1370. The van der Waals surface area contributed by atoms with Crippen molar-refractivity contribution in [2.45, 2.75) is 48.8 Å². The molecular formula is C31H34N2O5S. The molecule has 0 aliphatic carbocycles. The summed E-state index contributed by atoms with van der Waals surface area (Å²) in [5, 5.41) is 12.3. The normalized spacial score (nSPS) is 31.0. The minimum absolute atomic E-state index is 0.188. The predicted octanol–water partition coefficient (Wildman–Crippen LogP) is 3.95. The second-order valence-corrected chi connectivity index (χ2v) is 12.8. The van der Waals surface area contributed by atoms with E-state index < -0.39 is 28.7 Å². The highest BCUT2D eigenvalue weighted by molar-refractivity contribution is 8.02. The van der Waals surface area contributed by atoms with Crippen molar-refractivity contribution in [2.24, 2.45) is 17.8 Å². The summed E-state index contributed by atoms with van der Waals surface area (Å²) < 4.78 is 4.63. The Hall–Kier alpha value is -3.10. The van der Waals surface area contributed by atoms with Gasteiger partial charge in [0.2, 0.25) is 5.91 Å². The number of carbonyl (C=O) groups is 3. The second kappa shape index (κ2) is 10.1. The SMILES string of the molecule is CC(C)C[C@H](CO)N1C(=O)[C@@H]2[C@H]3C(=O)OCCC=C[C@H]3S[C@@]23C=CCN(c2ccc4ccccc4c2)C(=O)C13. The molecule has 39 heavy (non-hydrogen) atoms. The van der Waals surface area contributed by atoms with Crippen LogP contribution in [0.4, 0.5) is 5.69 Å². The quantitative estimate of drug-likeness (QED) is 0.452. The van der Waals surface area contributed by atoms with Gasteiger partial charge in [-0.1, -0.05) is 68.5 Å². The van der Waals surface area contributed by atoms with Gasteiger partial charge in [-0.25, -0.2) is 0 Å². The fourth-order valence-corrected chi connectivity index (χ4v) is 8.82. The number of thioether (sulfide) groups is 1. The van der Waals surface area contributed by atoms with Crippen LogP contribution in [0.25, 0.3) is 10.8 Å². The molecule has 0 radical (unpaired) electrons. The highest BCUT2D eigenvalue weighted by Crippen LogP contribution is 2.61. The van der Waals surface area contributed by atoms with E-state index in [0.717, 1.165) is 16.5 Å². The van der Waals surface area contributed by atoms with Gasteiger partial charge in [-0.15, -0.1) is 11.8 Å². The van der Waals surface area contributed by atoms with Crippen molar-refractivity contribution in [1.29, 1.82) is 0 Å².